The molecule has 0 radical (unpaired) electrons. The van der Waals surface area contributed by atoms with E-state index in [9.17, 15) is 0 Å². The molecule has 0 saturated heterocycles. The molecule has 2 aliphatic carbocycles. The van der Waals surface area contributed by atoms with Crippen molar-refractivity contribution in [3.8, 4) is 0 Å². The first-order chi connectivity index (χ1) is 10.3. The number of benzene rings is 1. The van der Waals surface area contributed by atoms with Gasteiger partial charge in [-0.2, -0.15) is 0 Å². The third-order valence-corrected chi connectivity index (χ3v) is 5.77. The van der Waals surface area contributed by atoms with Crippen molar-refractivity contribution in [2.75, 3.05) is 6.54 Å². The zero-order valence-electron chi connectivity index (χ0n) is 13.8. The topological polar surface area (TPSA) is 12.0 Å². The molecule has 0 aliphatic heterocycles. The van der Waals surface area contributed by atoms with E-state index in [1.165, 1.54) is 44.9 Å². The molecule has 1 fully saturated rings. The van der Waals surface area contributed by atoms with E-state index < -0.39 is 0 Å². The van der Waals surface area contributed by atoms with E-state index in [0.29, 0.717) is 6.04 Å². The van der Waals surface area contributed by atoms with Gasteiger partial charge in [0, 0.05) is 6.04 Å². The van der Waals surface area contributed by atoms with Gasteiger partial charge in [-0.25, -0.2) is 0 Å². The molecule has 4 unspecified atom stereocenters. The summed E-state index contributed by atoms with van der Waals surface area (Å²) < 4.78 is 0. The summed E-state index contributed by atoms with van der Waals surface area (Å²) in [6.45, 7) is 5.83. The van der Waals surface area contributed by atoms with Crippen LogP contribution in [0.5, 0.6) is 0 Å². The van der Waals surface area contributed by atoms with Gasteiger partial charge in [-0.1, -0.05) is 51.0 Å². The lowest BCUT2D eigenvalue weighted by atomic mass is 9.69. The lowest BCUT2D eigenvalue weighted by Crippen LogP contribution is -2.43. The van der Waals surface area contributed by atoms with Crippen molar-refractivity contribution < 1.29 is 0 Å². The molecule has 21 heavy (non-hydrogen) atoms. The van der Waals surface area contributed by atoms with Crippen molar-refractivity contribution in [3.63, 3.8) is 0 Å². The molecule has 1 saturated carbocycles. The van der Waals surface area contributed by atoms with Crippen molar-refractivity contribution in [1.82, 2.24) is 5.32 Å². The Morgan fingerprint density at radius 1 is 1.14 bits per heavy atom. The van der Waals surface area contributed by atoms with Crippen molar-refractivity contribution in [1.29, 1.82) is 0 Å². The van der Waals surface area contributed by atoms with Crippen LogP contribution in [0.25, 0.3) is 0 Å². The average Bonchev–Trinajstić information content (AvgIpc) is 2.52. The molecule has 116 valence electrons. The van der Waals surface area contributed by atoms with Crippen molar-refractivity contribution in [3.05, 3.63) is 35.4 Å². The normalized spacial score (nSPS) is 30.7. The molecule has 0 heterocycles. The van der Waals surface area contributed by atoms with Crippen molar-refractivity contribution in [2.45, 2.75) is 70.8 Å². The van der Waals surface area contributed by atoms with Crippen molar-refractivity contribution in [2.24, 2.45) is 11.8 Å². The molecule has 1 N–H and O–H groups in total. The maximum atomic E-state index is 3.88. The fourth-order valence-corrected chi connectivity index (χ4v) is 4.84. The molecular weight excluding hydrogens is 254 g/mol. The van der Waals surface area contributed by atoms with Crippen LogP contribution in [0.4, 0.5) is 0 Å². The standard InChI is InChI=1S/C20H31N/c1-3-21-20(17-11-6-8-15(2)14-17)19-13-7-10-16-9-4-5-12-18(16)19/h4-5,9,12,15,17,19-21H,3,6-8,10-11,13-14H2,1-2H3. The summed E-state index contributed by atoms with van der Waals surface area (Å²) in [7, 11) is 0. The third-order valence-electron chi connectivity index (χ3n) is 5.77. The monoisotopic (exact) mass is 285 g/mol. The van der Waals surface area contributed by atoms with Gasteiger partial charge in [0.2, 0.25) is 0 Å². The van der Waals surface area contributed by atoms with Crippen LogP contribution in [0, 0.1) is 11.8 Å². The van der Waals surface area contributed by atoms with Crippen LogP contribution in [-0.2, 0) is 6.42 Å². The highest BCUT2D eigenvalue weighted by Gasteiger charge is 2.34. The van der Waals surface area contributed by atoms with E-state index in [4.69, 9.17) is 0 Å². The minimum atomic E-state index is 0.694. The molecule has 4 atom stereocenters. The molecule has 0 spiro atoms. The summed E-state index contributed by atoms with van der Waals surface area (Å²) in [4.78, 5) is 0. The average molecular weight is 285 g/mol. The molecule has 0 amide bonds. The Hall–Kier alpha value is -0.820. The molecule has 1 aromatic rings. The Labute approximate surface area is 130 Å². The lowest BCUT2D eigenvalue weighted by molar-refractivity contribution is 0.196. The Balaban J connectivity index is 1.84. The number of hydrogen-bond donors (Lipinski definition) is 1. The Morgan fingerprint density at radius 3 is 2.81 bits per heavy atom. The molecule has 3 rings (SSSR count). The molecule has 0 aromatic heterocycles. The summed E-state index contributed by atoms with van der Waals surface area (Å²) in [5.74, 6) is 2.54. The van der Waals surface area contributed by atoms with Gasteiger partial charge < -0.3 is 5.32 Å². The van der Waals surface area contributed by atoms with Gasteiger partial charge in [-0.05, 0) is 67.5 Å². The van der Waals surface area contributed by atoms with E-state index in [-0.39, 0.29) is 0 Å². The number of likely N-dealkylation sites (N-methyl/N-ethyl adjacent to an activating group) is 1. The van der Waals surface area contributed by atoms with Gasteiger partial charge in [0.25, 0.3) is 0 Å². The van der Waals surface area contributed by atoms with Crippen LogP contribution in [-0.4, -0.2) is 12.6 Å². The highest BCUT2D eigenvalue weighted by molar-refractivity contribution is 5.34. The van der Waals surface area contributed by atoms with Gasteiger partial charge in [-0.3, -0.25) is 0 Å². The number of rotatable bonds is 4. The first-order valence-electron chi connectivity index (χ1n) is 9.10. The van der Waals surface area contributed by atoms with Gasteiger partial charge >= 0.3 is 0 Å². The van der Waals surface area contributed by atoms with E-state index in [1.807, 2.05) is 0 Å². The van der Waals surface area contributed by atoms with E-state index in [1.54, 1.807) is 11.1 Å². The number of fused-ring (bicyclic) bond motifs is 1. The molecule has 2 aliphatic rings. The van der Waals surface area contributed by atoms with Gasteiger partial charge in [-0.15, -0.1) is 0 Å². The SMILES string of the molecule is CCNC(C1CCCC(C)C1)C1CCCc2ccccc21. The predicted octanol–water partition coefficient (Wildman–Crippen LogP) is 4.91. The molecule has 1 aromatic carbocycles. The van der Waals surface area contributed by atoms with Crippen LogP contribution in [0.3, 0.4) is 0 Å². The number of nitrogens with one attached hydrogen (secondary N) is 1. The second kappa shape index (κ2) is 6.96. The Bertz CT molecular complexity index is 453. The zero-order valence-corrected chi connectivity index (χ0v) is 13.8. The smallest absolute Gasteiger partial charge is 0.0164 e. The second-order valence-corrected chi connectivity index (χ2v) is 7.31. The van der Waals surface area contributed by atoms with Gasteiger partial charge in [0.1, 0.15) is 0 Å². The van der Waals surface area contributed by atoms with Crippen LogP contribution >= 0.6 is 0 Å². The summed E-state index contributed by atoms with van der Waals surface area (Å²) in [5.41, 5.74) is 3.26. The van der Waals surface area contributed by atoms with Gasteiger partial charge in [0.15, 0.2) is 0 Å². The largest absolute Gasteiger partial charge is 0.313 e. The Morgan fingerprint density at radius 2 is 2.00 bits per heavy atom. The maximum Gasteiger partial charge on any atom is 0.0164 e. The molecule has 0 bridgehead atoms. The van der Waals surface area contributed by atoms with Crippen LogP contribution < -0.4 is 5.32 Å². The summed E-state index contributed by atoms with van der Waals surface area (Å²) in [6.07, 6.45) is 9.76. The zero-order chi connectivity index (χ0) is 14.7. The summed E-state index contributed by atoms with van der Waals surface area (Å²) in [6, 6.07) is 9.90. The number of hydrogen-bond acceptors (Lipinski definition) is 1. The minimum Gasteiger partial charge on any atom is -0.313 e. The molecule has 1 heteroatoms. The minimum absolute atomic E-state index is 0.694. The quantitative estimate of drug-likeness (QED) is 0.828. The highest BCUT2D eigenvalue weighted by Crippen LogP contribution is 2.41. The highest BCUT2D eigenvalue weighted by atomic mass is 14.9. The first-order valence-corrected chi connectivity index (χ1v) is 9.10. The summed E-state index contributed by atoms with van der Waals surface area (Å²) >= 11 is 0. The maximum absolute atomic E-state index is 3.88. The lowest BCUT2D eigenvalue weighted by Gasteiger charge is -2.40. The van der Waals surface area contributed by atoms with Crippen LogP contribution in [0.15, 0.2) is 24.3 Å². The molecular formula is C20H31N. The van der Waals surface area contributed by atoms with Crippen LogP contribution in [0.2, 0.25) is 0 Å². The van der Waals surface area contributed by atoms with E-state index in [2.05, 4.69) is 43.4 Å². The third kappa shape index (κ3) is 3.34. The van der Waals surface area contributed by atoms with E-state index >= 15 is 0 Å². The second-order valence-electron chi connectivity index (χ2n) is 7.31. The Kier molecular flexibility index (Phi) is 5.00. The van der Waals surface area contributed by atoms with Gasteiger partial charge in [0.05, 0.1) is 0 Å². The first kappa shape index (κ1) is 15.1. The number of aryl methyl sites for hydroxylation is 1. The fraction of sp³-hybridized carbons (Fsp3) is 0.700. The van der Waals surface area contributed by atoms with Crippen LogP contribution in [0.1, 0.15) is 69.4 Å². The fourth-order valence-electron chi connectivity index (χ4n) is 4.84. The van der Waals surface area contributed by atoms with E-state index in [0.717, 1.165) is 24.3 Å². The molecule has 1 nitrogen and oxygen atoms in total. The van der Waals surface area contributed by atoms with Crippen molar-refractivity contribution >= 4 is 0 Å². The predicted molar refractivity (Wildman–Crippen MR) is 90.7 cm³/mol. The summed E-state index contributed by atoms with van der Waals surface area (Å²) in [5, 5.41) is 3.88.